The van der Waals surface area contributed by atoms with Crippen LogP contribution in [0.4, 0.5) is 5.69 Å². The summed E-state index contributed by atoms with van der Waals surface area (Å²) in [4.78, 5) is 2.64. The number of hydrogen-bond acceptors (Lipinski definition) is 3. The molecule has 2 nitrogen and oxygen atoms in total. The summed E-state index contributed by atoms with van der Waals surface area (Å²) in [5.74, 6) is 1.32. The molecular formula is C14H20N2S. The number of anilines is 1. The molecule has 3 heteroatoms. The van der Waals surface area contributed by atoms with Gasteiger partial charge in [-0.05, 0) is 23.8 Å². The highest BCUT2D eigenvalue weighted by molar-refractivity contribution is 8.00. The Bertz CT molecular complexity index is 394. The zero-order chi connectivity index (χ0) is 11.7. The fourth-order valence-corrected chi connectivity index (χ4v) is 4.21. The van der Waals surface area contributed by atoms with Gasteiger partial charge in [-0.3, -0.25) is 0 Å². The largest absolute Gasteiger partial charge is 0.366 e. The van der Waals surface area contributed by atoms with Gasteiger partial charge in [0, 0.05) is 36.6 Å². The van der Waals surface area contributed by atoms with E-state index in [9.17, 15) is 0 Å². The Balaban J connectivity index is 1.93. The van der Waals surface area contributed by atoms with E-state index in [1.807, 2.05) is 0 Å². The summed E-state index contributed by atoms with van der Waals surface area (Å²) in [6, 6.07) is 9.59. The number of rotatable bonds is 1. The normalized spacial score (nSPS) is 28.9. The summed E-state index contributed by atoms with van der Waals surface area (Å²) in [7, 11) is 0. The molecule has 0 aliphatic carbocycles. The van der Waals surface area contributed by atoms with E-state index in [-0.39, 0.29) is 0 Å². The molecule has 2 aliphatic heterocycles. The molecule has 0 bridgehead atoms. The molecule has 1 aromatic rings. The minimum absolute atomic E-state index is 0.723. The molecule has 1 N–H and O–H groups in total. The van der Waals surface area contributed by atoms with Gasteiger partial charge in [0.25, 0.3) is 0 Å². The van der Waals surface area contributed by atoms with Crippen molar-refractivity contribution in [3.63, 3.8) is 0 Å². The van der Waals surface area contributed by atoms with Crippen LogP contribution >= 0.6 is 11.8 Å². The van der Waals surface area contributed by atoms with Crippen LogP contribution in [0.5, 0.6) is 0 Å². The van der Waals surface area contributed by atoms with E-state index in [4.69, 9.17) is 0 Å². The summed E-state index contributed by atoms with van der Waals surface area (Å²) in [5.41, 5.74) is 2.91. The molecular weight excluding hydrogens is 228 g/mol. The first-order valence-corrected chi connectivity index (χ1v) is 7.58. The summed E-state index contributed by atoms with van der Waals surface area (Å²) < 4.78 is 0. The highest BCUT2D eigenvalue weighted by atomic mass is 32.2. The Kier molecular flexibility index (Phi) is 3.30. The van der Waals surface area contributed by atoms with Crippen molar-refractivity contribution in [2.45, 2.75) is 31.2 Å². The minimum Gasteiger partial charge on any atom is -0.366 e. The summed E-state index contributed by atoms with van der Waals surface area (Å²) in [6.07, 6.45) is 1.33. The number of hydrogen-bond donors (Lipinski definition) is 1. The molecule has 3 rings (SSSR count). The molecule has 0 aromatic heterocycles. The SMILES string of the molecule is CC1SCCC1N1CCNCc2ccccc21. The molecule has 0 radical (unpaired) electrons. The number of nitrogens with zero attached hydrogens (tertiary/aromatic N) is 1. The number of nitrogens with one attached hydrogen (secondary N) is 1. The van der Waals surface area contributed by atoms with Gasteiger partial charge >= 0.3 is 0 Å². The van der Waals surface area contributed by atoms with Crippen LogP contribution in [0.1, 0.15) is 18.9 Å². The number of benzene rings is 1. The topological polar surface area (TPSA) is 15.3 Å². The van der Waals surface area contributed by atoms with Crippen molar-refractivity contribution in [1.29, 1.82) is 0 Å². The third-order valence-corrected chi connectivity index (χ3v) is 5.19. The van der Waals surface area contributed by atoms with E-state index in [1.54, 1.807) is 0 Å². The Morgan fingerprint density at radius 2 is 2.24 bits per heavy atom. The van der Waals surface area contributed by atoms with Crippen LogP contribution in [-0.4, -0.2) is 30.1 Å². The molecule has 1 saturated heterocycles. The van der Waals surface area contributed by atoms with Crippen molar-refractivity contribution >= 4 is 17.4 Å². The Hall–Kier alpha value is -0.670. The predicted octanol–water partition coefficient (Wildman–Crippen LogP) is 2.49. The van der Waals surface area contributed by atoms with Gasteiger partial charge in [-0.15, -0.1) is 0 Å². The molecule has 0 spiro atoms. The fraction of sp³-hybridized carbons (Fsp3) is 0.571. The van der Waals surface area contributed by atoms with Gasteiger partial charge in [0.1, 0.15) is 0 Å². The van der Waals surface area contributed by atoms with Gasteiger partial charge in [-0.1, -0.05) is 25.1 Å². The molecule has 2 aliphatic rings. The first kappa shape index (κ1) is 11.4. The molecule has 0 saturated carbocycles. The van der Waals surface area contributed by atoms with E-state index >= 15 is 0 Å². The molecule has 17 heavy (non-hydrogen) atoms. The number of fused-ring (bicyclic) bond motifs is 1. The monoisotopic (exact) mass is 248 g/mol. The van der Waals surface area contributed by atoms with Crippen LogP contribution in [0.2, 0.25) is 0 Å². The predicted molar refractivity (Wildman–Crippen MR) is 75.8 cm³/mol. The molecule has 2 unspecified atom stereocenters. The summed E-state index contributed by atoms with van der Waals surface area (Å²) in [5, 5.41) is 4.29. The van der Waals surface area contributed by atoms with Crippen LogP contribution in [0, 0.1) is 0 Å². The van der Waals surface area contributed by atoms with E-state index < -0.39 is 0 Å². The maximum Gasteiger partial charge on any atom is 0.0415 e. The van der Waals surface area contributed by atoms with Crippen molar-refractivity contribution in [1.82, 2.24) is 5.32 Å². The second-order valence-corrected chi connectivity index (χ2v) is 6.42. The molecule has 1 aromatic carbocycles. The number of thioether (sulfide) groups is 1. The van der Waals surface area contributed by atoms with Crippen molar-refractivity contribution in [3.8, 4) is 0 Å². The maximum absolute atomic E-state index is 3.52. The van der Waals surface area contributed by atoms with Gasteiger partial charge in [-0.25, -0.2) is 0 Å². The minimum atomic E-state index is 0.723. The summed E-state index contributed by atoms with van der Waals surface area (Å²) in [6.45, 7) is 5.64. The second kappa shape index (κ2) is 4.91. The highest BCUT2D eigenvalue weighted by Crippen LogP contribution is 2.34. The Morgan fingerprint density at radius 1 is 1.35 bits per heavy atom. The van der Waals surface area contributed by atoms with Crippen molar-refractivity contribution in [2.24, 2.45) is 0 Å². The van der Waals surface area contributed by atoms with E-state index in [1.165, 1.54) is 23.4 Å². The molecule has 0 amide bonds. The Morgan fingerprint density at radius 3 is 3.06 bits per heavy atom. The Labute approximate surface area is 108 Å². The second-order valence-electron chi connectivity index (χ2n) is 4.93. The molecule has 2 atom stereocenters. The zero-order valence-electron chi connectivity index (χ0n) is 10.4. The lowest BCUT2D eigenvalue weighted by atomic mass is 10.1. The van der Waals surface area contributed by atoms with Crippen molar-refractivity contribution < 1.29 is 0 Å². The van der Waals surface area contributed by atoms with Crippen LogP contribution in [0.3, 0.4) is 0 Å². The van der Waals surface area contributed by atoms with Crippen LogP contribution in [-0.2, 0) is 6.54 Å². The first-order valence-electron chi connectivity index (χ1n) is 6.53. The lowest BCUT2D eigenvalue weighted by Crippen LogP contribution is -2.41. The van der Waals surface area contributed by atoms with E-state index in [0.29, 0.717) is 0 Å². The maximum atomic E-state index is 3.52. The highest BCUT2D eigenvalue weighted by Gasteiger charge is 2.31. The van der Waals surface area contributed by atoms with Crippen LogP contribution in [0.25, 0.3) is 0 Å². The standard InChI is InChI=1S/C14H20N2S/c1-11-13(6-9-17-11)16-8-7-15-10-12-4-2-3-5-14(12)16/h2-5,11,13,15H,6-10H2,1H3. The average molecular weight is 248 g/mol. The van der Waals surface area contributed by atoms with Gasteiger partial charge in [-0.2, -0.15) is 11.8 Å². The van der Waals surface area contributed by atoms with Crippen molar-refractivity contribution in [3.05, 3.63) is 29.8 Å². The lowest BCUT2D eigenvalue weighted by Gasteiger charge is -2.33. The van der Waals surface area contributed by atoms with Gasteiger partial charge in [0.2, 0.25) is 0 Å². The average Bonchev–Trinajstić information content (AvgIpc) is 2.66. The third-order valence-electron chi connectivity index (χ3n) is 3.88. The van der Waals surface area contributed by atoms with E-state index in [0.717, 1.165) is 30.9 Å². The smallest absolute Gasteiger partial charge is 0.0415 e. The third kappa shape index (κ3) is 2.18. The van der Waals surface area contributed by atoms with Crippen molar-refractivity contribution in [2.75, 3.05) is 23.7 Å². The first-order chi connectivity index (χ1) is 8.36. The molecule has 2 heterocycles. The van der Waals surface area contributed by atoms with Crippen LogP contribution in [0.15, 0.2) is 24.3 Å². The van der Waals surface area contributed by atoms with Crippen LogP contribution < -0.4 is 10.2 Å². The summed E-state index contributed by atoms with van der Waals surface area (Å²) >= 11 is 2.12. The quantitative estimate of drug-likeness (QED) is 0.822. The molecule has 92 valence electrons. The van der Waals surface area contributed by atoms with Gasteiger partial charge in [0.05, 0.1) is 0 Å². The van der Waals surface area contributed by atoms with Gasteiger partial charge in [0.15, 0.2) is 0 Å². The van der Waals surface area contributed by atoms with Gasteiger partial charge < -0.3 is 10.2 Å². The fourth-order valence-electron chi connectivity index (χ4n) is 2.96. The zero-order valence-corrected chi connectivity index (χ0v) is 11.2. The lowest BCUT2D eigenvalue weighted by molar-refractivity contribution is 0.582. The van der Waals surface area contributed by atoms with E-state index in [2.05, 4.69) is 53.2 Å². The molecule has 1 fully saturated rings. The number of para-hydroxylation sites is 1.